The summed E-state index contributed by atoms with van der Waals surface area (Å²) in [5.41, 5.74) is 3.27. The summed E-state index contributed by atoms with van der Waals surface area (Å²) in [4.78, 5) is 15.1. The van der Waals surface area contributed by atoms with Gasteiger partial charge in [-0.25, -0.2) is 0 Å². The summed E-state index contributed by atoms with van der Waals surface area (Å²) < 4.78 is 5.20. The van der Waals surface area contributed by atoms with E-state index in [1.807, 2.05) is 42.5 Å². The third-order valence-corrected chi connectivity index (χ3v) is 6.55. The van der Waals surface area contributed by atoms with Crippen molar-refractivity contribution in [2.24, 2.45) is 5.92 Å². The molecule has 4 rings (SSSR count). The lowest BCUT2D eigenvalue weighted by Gasteiger charge is -2.35. The van der Waals surface area contributed by atoms with Gasteiger partial charge in [0, 0.05) is 18.5 Å². The molecule has 0 saturated carbocycles. The lowest BCUT2D eigenvalue weighted by molar-refractivity contribution is -0.148. The van der Waals surface area contributed by atoms with Gasteiger partial charge < -0.3 is 14.9 Å². The minimum Gasteiger partial charge on any atom is -0.508 e. The fraction of sp³-hybridized carbons (Fsp3) is 0.370. The molecule has 5 heteroatoms. The van der Waals surface area contributed by atoms with Crippen LogP contribution in [-0.2, 0) is 22.4 Å². The number of benzene rings is 2. The van der Waals surface area contributed by atoms with Gasteiger partial charge in [0.1, 0.15) is 11.8 Å². The Morgan fingerprint density at radius 2 is 1.78 bits per heavy atom. The number of phenolic OH excluding ortho intramolecular Hbond substituents is 1. The Bertz CT molecular complexity index is 967. The third kappa shape index (κ3) is 4.95. The quantitative estimate of drug-likeness (QED) is 0.515. The molecule has 5 nitrogen and oxygen atoms in total. The van der Waals surface area contributed by atoms with Crippen molar-refractivity contribution in [2.45, 2.75) is 43.9 Å². The number of ether oxygens (including phenoxy) is 1. The van der Waals surface area contributed by atoms with Crippen molar-refractivity contribution in [1.29, 1.82) is 0 Å². The summed E-state index contributed by atoms with van der Waals surface area (Å²) >= 11 is 0. The van der Waals surface area contributed by atoms with Crippen molar-refractivity contribution in [3.63, 3.8) is 0 Å². The number of likely N-dealkylation sites (tertiary alicyclic amines) is 1. The summed E-state index contributed by atoms with van der Waals surface area (Å²) in [6, 6.07) is 16.1. The van der Waals surface area contributed by atoms with Crippen molar-refractivity contribution in [1.82, 2.24) is 4.90 Å². The average Bonchev–Trinajstić information content (AvgIpc) is 3.01. The zero-order valence-corrected chi connectivity index (χ0v) is 18.4. The Labute approximate surface area is 189 Å². The Hall–Kier alpha value is -2.89. The summed E-state index contributed by atoms with van der Waals surface area (Å²) in [6.07, 6.45) is 8.95. The number of phenols is 1. The number of carbonyl (C=O) groups excluding carboxylic acids is 1. The van der Waals surface area contributed by atoms with Gasteiger partial charge >= 0.3 is 5.97 Å². The van der Waals surface area contributed by atoms with Crippen LogP contribution in [0.5, 0.6) is 5.75 Å². The summed E-state index contributed by atoms with van der Waals surface area (Å²) in [7, 11) is 1.41. The predicted octanol–water partition coefficient (Wildman–Crippen LogP) is 3.66. The molecule has 1 fully saturated rings. The van der Waals surface area contributed by atoms with Gasteiger partial charge in [-0.2, -0.15) is 0 Å². The molecule has 4 atom stereocenters. The van der Waals surface area contributed by atoms with Crippen molar-refractivity contribution >= 4 is 5.97 Å². The molecule has 2 N–H and O–H groups in total. The van der Waals surface area contributed by atoms with E-state index < -0.39 is 12.1 Å². The SMILES string of the molecule is COC(=O)[C@H](Cc1ccc(O)cc1)N1CC2=CCCC=C[C@@H]2[C@H]1[C@H](O)Cc1ccccc1. The van der Waals surface area contributed by atoms with Crippen molar-refractivity contribution < 1.29 is 19.7 Å². The number of hydrogen-bond donors (Lipinski definition) is 2. The molecule has 1 heterocycles. The standard InChI is InChI=1S/C27H31NO4/c1-32-27(31)24(16-20-12-14-22(29)15-13-20)28-18-21-10-6-3-7-11-23(21)26(28)25(30)17-19-8-4-2-5-9-19/h2,4-5,7-15,23-26,29-30H,3,6,16-18H2,1H3/t23-,24-,25+,26-/m0/s1. The van der Waals surface area contributed by atoms with Crippen LogP contribution in [0, 0.1) is 5.92 Å². The van der Waals surface area contributed by atoms with E-state index in [2.05, 4.69) is 23.1 Å². The zero-order chi connectivity index (χ0) is 22.5. The second-order valence-electron chi connectivity index (χ2n) is 8.64. The number of hydrogen-bond acceptors (Lipinski definition) is 5. The molecule has 2 aliphatic rings. The second-order valence-corrected chi connectivity index (χ2v) is 8.64. The van der Waals surface area contributed by atoms with Crippen LogP contribution in [0.1, 0.15) is 24.0 Å². The van der Waals surface area contributed by atoms with Gasteiger partial charge in [-0.15, -0.1) is 0 Å². The number of fused-ring (bicyclic) bond motifs is 1. The summed E-state index contributed by atoms with van der Waals surface area (Å²) in [6.45, 7) is 0.628. The number of allylic oxidation sites excluding steroid dienone is 2. The third-order valence-electron chi connectivity index (χ3n) is 6.55. The Morgan fingerprint density at radius 1 is 1.06 bits per heavy atom. The average molecular weight is 434 g/mol. The monoisotopic (exact) mass is 433 g/mol. The maximum absolute atomic E-state index is 12.9. The lowest BCUT2D eigenvalue weighted by atomic mass is 9.88. The van der Waals surface area contributed by atoms with Crippen LogP contribution in [0.25, 0.3) is 0 Å². The second kappa shape index (κ2) is 10.2. The summed E-state index contributed by atoms with van der Waals surface area (Å²) in [5.74, 6) is -0.0440. The Kier molecular flexibility index (Phi) is 7.08. The first-order chi connectivity index (χ1) is 15.6. The topological polar surface area (TPSA) is 70.0 Å². The smallest absolute Gasteiger partial charge is 0.323 e. The van der Waals surface area contributed by atoms with Gasteiger partial charge in [-0.1, -0.05) is 66.3 Å². The first-order valence-electron chi connectivity index (χ1n) is 11.3. The van der Waals surface area contributed by atoms with Gasteiger partial charge in [-0.05, 0) is 48.9 Å². The van der Waals surface area contributed by atoms with Crippen molar-refractivity contribution in [2.75, 3.05) is 13.7 Å². The van der Waals surface area contributed by atoms with Crippen LogP contribution in [0.4, 0.5) is 0 Å². The van der Waals surface area contributed by atoms with Gasteiger partial charge in [-0.3, -0.25) is 9.69 Å². The van der Waals surface area contributed by atoms with E-state index in [0.717, 1.165) is 24.0 Å². The fourth-order valence-corrected chi connectivity index (χ4v) is 4.98. The lowest BCUT2D eigenvalue weighted by Crippen LogP contribution is -2.52. The molecule has 0 unspecified atom stereocenters. The van der Waals surface area contributed by atoms with Crippen LogP contribution in [-0.4, -0.2) is 52.9 Å². The highest BCUT2D eigenvalue weighted by Gasteiger charge is 2.46. The molecule has 0 amide bonds. The predicted molar refractivity (Wildman–Crippen MR) is 124 cm³/mol. The maximum Gasteiger partial charge on any atom is 0.323 e. The van der Waals surface area contributed by atoms with Crippen molar-refractivity contribution in [3.05, 3.63) is 89.5 Å². The maximum atomic E-state index is 12.9. The number of esters is 1. The van der Waals surface area contributed by atoms with Gasteiger partial charge in [0.25, 0.3) is 0 Å². The molecular formula is C27H31NO4. The van der Waals surface area contributed by atoms with E-state index in [4.69, 9.17) is 4.74 Å². The molecule has 1 aliphatic carbocycles. The Morgan fingerprint density at radius 3 is 2.50 bits per heavy atom. The Balaban J connectivity index is 1.66. The van der Waals surface area contributed by atoms with Crippen LogP contribution in [0.3, 0.4) is 0 Å². The van der Waals surface area contributed by atoms with E-state index in [-0.39, 0.29) is 23.7 Å². The molecule has 168 valence electrons. The van der Waals surface area contributed by atoms with Crippen LogP contribution in [0.2, 0.25) is 0 Å². The van der Waals surface area contributed by atoms with E-state index in [1.165, 1.54) is 12.7 Å². The highest BCUT2D eigenvalue weighted by molar-refractivity contribution is 5.76. The number of methoxy groups -OCH3 is 1. The van der Waals surface area contributed by atoms with E-state index in [0.29, 0.717) is 19.4 Å². The molecule has 1 aliphatic heterocycles. The first-order valence-corrected chi connectivity index (χ1v) is 11.3. The molecule has 1 saturated heterocycles. The van der Waals surface area contributed by atoms with Gasteiger partial charge in [0.15, 0.2) is 0 Å². The number of rotatable bonds is 7. The van der Waals surface area contributed by atoms with E-state index >= 15 is 0 Å². The molecule has 0 radical (unpaired) electrons. The largest absolute Gasteiger partial charge is 0.508 e. The molecule has 2 aromatic rings. The van der Waals surface area contributed by atoms with Crippen LogP contribution < -0.4 is 0 Å². The number of nitrogens with zero attached hydrogens (tertiary/aromatic N) is 1. The minimum atomic E-state index is -0.636. The molecule has 0 aromatic heterocycles. The number of aliphatic hydroxyl groups excluding tert-OH is 1. The number of aliphatic hydroxyl groups is 1. The molecule has 32 heavy (non-hydrogen) atoms. The van der Waals surface area contributed by atoms with Crippen molar-refractivity contribution in [3.8, 4) is 5.75 Å². The van der Waals surface area contributed by atoms with Gasteiger partial charge in [0.2, 0.25) is 0 Å². The highest BCUT2D eigenvalue weighted by atomic mass is 16.5. The number of aromatic hydroxyl groups is 1. The number of carbonyl (C=O) groups is 1. The molecule has 0 spiro atoms. The summed E-state index contributed by atoms with van der Waals surface area (Å²) in [5, 5.41) is 21.1. The van der Waals surface area contributed by atoms with E-state index in [9.17, 15) is 15.0 Å². The normalized spacial score (nSPS) is 22.5. The van der Waals surface area contributed by atoms with Crippen LogP contribution in [0.15, 0.2) is 78.4 Å². The molecule has 0 bridgehead atoms. The fourth-order valence-electron chi connectivity index (χ4n) is 4.98. The van der Waals surface area contributed by atoms with Gasteiger partial charge in [0.05, 0.1) is 13.2 Å². The molecule has 2 aromatic carbocycles. The van der Waals surface area contributed by atoms with E-state index in [1.54, 1.807) is 12.1 Å². The minimum absolute atomic E-state index is 0.0724. The highest BCUT2D eigenvalue weighted by Crippen LogP contribution is 2.37. The van der Waals surface area contributed by atoms with Crippen LogP contribution >= 0.6 is 0 Å². The zero-order valence-electron chi connectivity index (χ0n) is 18.4. The molecular weight excluding hydrogens is 402 g/mol. The first kappa shape index (κ1) is 22.3.